The monoisotopic (exact) mass is 601 g/mol. The molecular formula is C32H45Cl2N5O2. The number of alkyl halides is 1. The highest BCUT2D eigenvalue weighted by Gasteiger charge is 2.34. The molecule has 1 aromatic carbocycles. The summed E-state index contributed by atoms with van der Waals surface area (Å²) >= 11 is 12.2. The van der Waals surface area contributed by atoms with Crippen LogP contribution in [0.2, 0.25) is 5.02 Å². The van der Waals surface area contributed by atoms with Crippen LogP contribution in [0.1, 0.15) is 78.3 Å². The van der Waals surface area contributed by atoms with Gasteiger partial charge in [-0.3, -0.25) is 19.6 Å². The first-order valence-electron chi connectivity index (χ1n) is 14.4. The highest BCUT2D eigenvalue weighted by atomic mass is 35.5. The van der Waals surface area contributed by atoms with Crippen molar-refractivity contribution >= 4 is 53.1 Å². The number of likely N-dealkylation sites (tertiary alicyclic amines) is 1. The Balaban J connectivity index is 0.000000419. The van der Waals surface area contributed by atoms with Gasteiger partial charge < -0.3 is 16.0 Å². The number of nitrogens with two attached hydrogens (primary N) is 1. The summed E-state index contributed by atoms with van der Waals surface area (Å²) in [5.41, 5.74) is 9.27. The fourth-order valence-corrected chi connectivity index (χ4v) is 4.82. The summed E-state index contributed by atoms with van der Waals surface area (Å²) in [6.07, 6.45) is 10.8. The van der Waals surface area contributed by atoms with Crippen molar-refractivity contribution in [2.75, 3.05) is 18.4 Å². The summed E-state index contributed by atoms with van der Waals surface area (Å²) in [5, 5.41) is 3.52. The summed E-state index contributed by atoms with van der Waals surface area (Å²) in [4.78, 5) is 34.2. The van der Waals surface area contributed by atoms with Crippen molar-refractivity contribution in [2.24, 2.45) is 10.7 Å². The molecular weight excluding hydrogens is 557 g/mol. The van der Waals surface area contributed by atoms with E-state index >= 15 is 0 Å². The molecule has 2 amide bonds. The quantitative estimate of drug-likeness (QED) is 0.248. The molecule has 0 saturated carbocycles. The second-order valence-corrected chi connectivity index (χ2v) is 9.83. The molecule has 1 aromatic heterocycles. The number of halogens is 2. The topological polar surface area (TPSA) is 101 Å². The number of aromatic nitrogens is 1. The fourth-order valence-electron chi connectivity index (χ4n) is 4.38. The Morgan fingerprint density at radius 3 is 2.41 bits per heavy atom. The lowest BCUT2D eigenvalue weighted by molar-refractivity contribution is -0.128. The number of amides is 2. The molecule has 2 aromatic rings. The maximum atomic E-state index is 13.0. The van der Waals surface area contributed by atoms with Crippen LogP contribution in [0.4, 0.5) is 11.4 Å². The van der Waals surface area contributed by atoms with Crippen LogP contribution in [0.5, 0.6) is 0 Å². The SMILES string of the molecule is C=Nc1cc(Cl)ccc1NCCC.CC.CC.NC(=O)C1=CC=C(C(=O)N2CCCC2c2ccncc2)C(Cl)CC1. The maximum absolute atomic E-state index is 13.0. The van der Waals surface area contributed by atoms with Crippen LogP contribution in [0, 0.1) is 0 Å². The molecule has 2 aliphatic rings. The molecule has 0 spiro atoms. The van der Waals surface area contributed by atoms with E-state index in [9.17, 15) is 9.59 Å². The zero-order valence-corrected chi connectivity index (χ0v) is 26.5. The average Bonchev–Trinajstić information content (AvgIpc) is 3.42. The Morgan fingerprint density at radius 2 is 1.80 bits per heavy atom. The summed E-state index contributed by atoms with van der Waals surface area (Å²) in [5.74, 6) is -0.518. The maximum Gasteiger partial charge on any atom is 0.251 e. The number of benzene rings is 1. The van der Waals surface area contributed by atoms with Gasteiger partial charge in [0.25, 0.3) is 5.91 Å². The van der Waals surface area contributed by atoms with E-state index in [-0.39, 0.29) is 11.9 Å². The molecule has 1 aliphatic carbocycles. The van der Waals surface area contributed by atoms with Gasteiger partial charge in [0.2, 0.25) is 5.91 Å². The van der Waals surface area contributed by atoms with Gasteiger partial charge in [0.1, 0.15) is 0 Å². The van der Waals surface area contributed by atoms with Crippen molar-refractivity contribution in [1.82, 2.24) is 9.88 Å². The minimum Gasteiger partial charge on any atom is -0.383 e. The summed E-state index contributed by atoms with van der Waals surface area (Å²) in [6, 6.07) is 9.50. The number of primary amides is 1. The van der Waals surface area contributed by atoms with Gasteiger partial charge in [0.15, 0.2) is 0 Å². The number of hydrogen-bond acceptors (Lipinski definition) is 5. The van der Waals surface area contributed by atoms with E-state index in [1.54, 1.807) is 30.6 Å². The molecule has 4 rings (SSSR count). The molecule has 2 heterocycles. The second kappa shape index (κ2) is 19.8. The molecule has 224 valence electrons. The van der Waals surface area contributed by atoms with Crippen molar-refractivity contribution in [3.8, 4) is 0 Å². The highest BCUT2D eigenvalue weighted by Crippen LogP contribution is 2.35. The van der Waals surface area contributed by atoms with Crippen molar-refractivity contribution < 1.29 is 9.59 Å². The lowest BCUT2D eigenvalue weighted by Crippen LogP contribution is -2.34. The van der Waals surface area contributed by atoms with E-state index in [1.165, 1.54) is 0 Å². The number of nitrogens with one attached hydrogen (secondary N) is 1. The number of nitrogens with zero attached hydrogens (tertiary/aromatic N) is 3. The van der Waals surface area contributed by atoms with E-state index < -0.39 is 11.3 Å². The Morgan fingerprint density at radius 1 is 1.12 bits per heavy atom. The number of rotatable bonds is 7. The molecule has 1 saturated heterocycles. The van der Waals surface area contributed by atoms with Gasteiger partial charge >= 0.3 is 0 Å². The van der Waals surface area contributed by atoms with Crippen molar-refractivity contribution in [3.63, 3.8) is 0 Å². The van der Waals surface area contributed by atoms with Crippen LogP contribution in [0.25, 0.3) is 0 Å². The molecule has 2 atom stereocenters. The summed E-state index contributed by atoms with van der Waals surface area (Å²) in [6.45, 7) is 15.2. The molecule has 7 nitrogen and oxygen atoms in total. The number of anilines is 1. The zero-order valence-electron chi connectivity index (χ0n) is 25.0. The Bertz CT molecular complexity index is 1170. The molecule has 41 heavy (non-hydrogen) atoms. The van der Waals surface area contributed by atoms with Gasteiger partial charge in [-0.05, 0) is 74.7 Å². The van der Waals surface area contributed by atoms with E-state index in [0.29, 0.717) is 35.6 Å². The molecule has 3 N–H and O–H groups in total. The van der Waals surface area contributed by atoms with Crippen LogP contribution in [0.3, 0.4) is 0 Å². The normalized spacial score (nSPS) is 17.5. The van der Waals surface area contributed by atoms with Gasteiger partial charge in [-0.15, -0.1) is 11.6 Å². The molecule has 9 heteroatoms. The number of aliphatic imine (C=N–C) groups is 1. The largest absolute Gasteiger partial charge is 0.383 e. The smallest absolute Gasteiger partial charge is 0.251 e. The number of pyridine rings is 1. The first kappa shape index (κ1) is 35.9. The minimum absolute atomic E-state index is 0.0492. The predicted octanol–water partition coefficient (Wildman–Crippen LogP) is 8.03. The second-order valence-electron chi connectivity index (χ2n) is 8.87. The first-order chi connectivity index (χ1) is 19.8. The number of allylic oxidation sites excluding steroid dienone is 2. The third kappa shape index (κ3) is 11.0. The first-order valence-corrected chi connectivity index (χ1v) is 15.2. The summed E-state index contributed by atoms with van der Waals surface area (Å²) < 4.78 is 0. The lowest BCUT2D eigenvalue weighted by Gasteiger charge is -2.27. The molecule has 2 unspecified atom stereocenters. The van der Waals surface area contributed by atoms with Gasteiger partial charge in [0, 0.05) is 41.7 Å². The fraction of sp³-hybridized carbons (Fsp3) is 0.438. The molecule has 0 radical (unpaired) electrons. The molecule has 0 bridgehead atoms. The number of carbonyl (C=O) groups excluding carboxylic acids is 2. The number of carbonyl (C=O) groups is 2. The van der Waals surface area contributed by atoms with Gasteiger partial charge in [-0.1, -0.05) is 58.4 Å². The summed E-state index contributed by atoms with van der Waals surface area (Å²) in [7, 11) is 0. The third-order valence-corrected chi connectivity index (χ3v) is 7.02. The minimum atomic E-state index is -0.459. The van der Waals surface area contributed by atoms with Crippen LogP contribution in [-0.2, 0) is 9.59 Å². The van der Waals surface area contributed by atoms with Crippen molar-refractivity contribution in [1.29, 1.82) is 0 Å². The van der Waals surface area contributed by atoms with E-state index in [0.717, 1.165) is 42.7 Å². The van der Waals surface area contributed by atoms with Crippen LogP contribution < -0.4 is 11.1 Å². The van der Waals surface area contributed by atoms with Crippen LogP contribution in [-0.4, -0.2) is 46.9 Å². The number of hydrogen-bond donors (Lipinski definition) is 2. The van der Waals surface area contributed by atoms with Gasteiger partial charge in [-0.2, -0.15) is 0 Å². The lowest BCUT2D eigenvalue weighted by atomic mass is 10.0. The van der Waals surface area contributed by atoms with Crippen LogP contribution in [0.15, 0.2) is 71.0 Å². The predicted molar refractivity (Wildman–Crippen MR) is 174 cm³/mol. The standard InChI is InChI=1S/C18H20ClN3O2.C10H13ClN2.2C2H6/c19-15-6-4-13(17(20)23)3-5-14(15)18(24)22-11-1-2-16(22)12-7-9-21-10-8-12;1-3-6-13-9-5-4-8(11)7-10(9)12-2;2*1-2/h3,5,7-10,15-16H,1-2,4,6,11H2,(H2,20,23);4-5,7,13H,2-3,6H2,1H3;2*1-2H3. The van der Waals surface area contributed by atoms with Crippen molar-refractivity contribution in [3.05, 3.63) is 76.6 Å². The molecule has 1 fully saturated rings. The Kier molecular flexibility index (Phi) is 17.4. The average molecular weight is 603 g/mol. The van der Waals surface area contributed by atoms with Gasteiger partial charge in [0.05, 0.1) is 22.8 Å². The van der Waals surface area contributed by atoms with E-state index in [1.807, 2.05) is 56.9 Å². The van der Waals surface area contributed by atoms with Crippen LogP contribution >= 0.6 is 23.2 Å². The Labute approximate surface area is 255 Å². The van der Waals surface area contributed by atoms with E-state index in [2.05, 4.69) is 28.9 Å². The van der Waals surface area contributed by atoms with E-state index in [4.69, 9.17) is 28.9 Å². The Hall–Kier alpha value is -3.16. The molecule has 1 aliphatic heterocycles. The van der Waals surface area contributed by atoms with Crippen molar-refractivity contribution in [2.45, 2.75) is 78.1 Å². The van der Waals surface area contributed by atoms with Gasteiger partial charge in [-0.25, -0.2) is 0 Å². The zero-order chi connectivity index (χ0) is 30.8. The highest BCUT2D eigenvalue weighted by molar-refractivity contribution is 6.31. The third-order valence-electron chi connectivity index (χ3n) is 6.33.